The SMILES string of the molecule is NCCNc1cc(Cl)cc(NC(=O)Nc2cc(Cl)ccc2CO)c1. The highest BCUT2D eigenvalue weighted by Gasteiger charge is 2.09. The molecule has 0 bridgehead atoms. The van der Waals surface area contributed by atoms with Crippen molar-refractivity contribution in [2.24, 2.45) is 5.73 Å². The molecule has 0 unspecified atom stereocenters. The zero-order chi connectivity index (χ0) is 17.5. The third-order valence-electron chi connectivity index (χ3n) is 3.12. The van der Waals surface area contributed by atoms with Crippen LogP contribution in [0.3, 0.4) is 0 Å². The van der Waals surface area contributed by atoms with Crippen LogP contribution >= 0.6 is 23.2 Å². The van der Waals surface area contributed by atoms with Crippen molar-refractivity contribution in [3.05, 3.63) is 52.0 Å². The average Bonchev–Trinajstić information content (AvgIpc) is 2.52. The van der Waals surface area contributed by atoms with Crippen LogP contribution in [0.5, 0.6) is 0 Å². The van der Waals surface area contributed by atoms with E-state index in [1.807, 2.05) is 0 Å². The van der Waals surface area contributed by atoms with Crippen LogP contribution in [0, 0.1) is 0 Å². The smallest absolute Gasteiger partial charge is 0.323 e. The van der Waals surface area contributed by atoms with Gasteiger partial charge in [-0.25, -0.2) is 4.79 Å². The molecule has 6 nitrogen and oxygen atoms in total. The fraction of sp³-hybridized carbons (Fsp3) is 0.188. The molecule has 0 heterocycles. The molecule has 0 atom stereocenters. The molecule has 8 heteroatoms. The monoisotopic (exact) mass is 368 g/mol. The largest absolute Gasteiger partial charge is 0.392 e. The standard InChI is InChI=1S/C16H18Cl2N4O2/c17-11-2-1-10(9-23)15(7-11)22-16(24)21-14-6-12(18)5-13(8-14)20-4-3-19/h1-2,5-8,20,23H,3-4,9,19H2,(H2,21,22,24). The summed E-state index contributed by atoms with van der Waals surface area (Å²) >= 11 is 12.0. The highest BCUT2D eigenvalue weighted by atomic mass is 35.5. The zero-order valence-corrected chi connectivity index (χ0v) is 14.3. The van der Waals surface area contributed by atoms with E-state index in [9.17, 15) is 9.90 Å². The highest BCUT2D eigenvalue weighted by molar-refractivity contribution is 6.31. The Morgan fingerprint density at radius 3 is 2.50 bits per heavy atom. The molecular formula is C16H18Cl2N4O2. The maximum atomic E-state index is 12.2. The van der Waals surface area contributed by atoms with E-state index in [1.54, 1.807) is 36.4 Å². The molecule has 0 fully saturated rings. The third-order valence-corrected chi connectivity index (χ3v) is 3.57. The van der Waals surface area contributed by atoms with Gasteiger partial charge in [0.2, 0.25) is 0 Å². The fourth-order valence-electron chi connectivity index (χ4n) is 2.07. The van der Waals surface area contributed by atoms with Crippen LogP contribution in [0.2, 0.25) is 10.0 Å². The second kappa shape index (κ2) is 8.75. The number of carbonyl (C=O) groups is 1. The van der Waals surface area contributed by atoms with Gasteiger partial charge in [-0.2, -0.15) is 0 Å². The van der Waals surface area contributed by atoms with Crippen LogP contribution < -0.4 is 21.7 Å². The lowest BCUT2D eigenvalue weighted by Gasteiger charge is -2.13. The Hall–Kier alpha value is -1.99. The molecule has 0 saturated carbocycles. The minimum atomic E-state index is -0.473. The molecule has 0 radical (unpaired) electrons. The van der Waals surface area contributed by atoms with E-state index in [4.69, 9.17) is 28.9 Å². The molecule has 0 saturated heterocycles. The Bertz CT molecular complexity index is 725. The van der Waals surface area contributed by atoms with E-state index in [0.717, 1.165) is 5.69 Å². The van der Waals surface area contributed by atoms with Crippen LogP contribution in [0.1, 0.15) is 5.56 Å². The molecule has 0 spiro atoms. The number of halogens is 2. The predicted molar refractivity (Wildman–Crippen MR) is 99.0 cm³/mol. The average molecular weight is 369 g/mol. The lowest BCUT2D eigenvalue weighted by Crippen LogP contribution is -2.20. The fourth-order valence-corrected chi connectivity index (χ4v) is 2.48. The summed E-state index contributed by atoms with van der Waals surface area (Å²) in [7, 11) is 0. The summed E-state index contributed by atoms with van der Waals surface area (Å²) in [5.41, 5.74) is 7.72. The molecule has 2 amide bonds. The molecule has 0 aliphatic carbocycles. The predicted octanol–water partition coefficient (Wildman–Crippen LogP) is 3.50. The van der Waals surface area contributed by atoms with Crippen molar-refractivity contribution in [3.8, 4) is 0 Å². The van der Waals surface area contributed by atoms with Gasteiger partial charge in [0.25, 0.3) is 0 Å². The van der Waals surface area contributed by atoms with Gasteiger partial charge in [-0.05, 0) is 30.3 Å². The molecule has 2 aromatic rings. The number of benzene rings is 2. The van der Waals surface area contributed by atoms with Gasteiger partial charge in [-0.15, -0.1) is 0 Å². The van der Waals surface area contributed by atoms with Crippen molar-refractivity contribution in [3.63, 3.8) is 0 Å². The van der Waals surface area contributed by atoms with Crippen LogP contribution in [-0.4, -0.2) is 24.2 Å². The van der Waals surface area contributed by atoms with Crippen molar-refractivity contribution in [1.82, 2.24) is 0 Å². The number of amides is 2. The molecular weight excluding hydrogens is 351 g/mol. The Kier molecular flexibility index (Phi) is 6.69. The van der Waals surface area contributed by atoms with Crippen LogP contribution in [0.15, 0.2) is 36.4 Å². The number of nitrogens with two attached hydrogens (primary N) is 1. The van der Waals surface area contributed by atoms with E-state index >= 15 is 0 Å². The Morgan fingerprint density at radius 1 is 1.04 bits per heavy atom. The summed E-state index contributed by atoms with van der Waals surface area (Å²) in [5, 5.41) is 18.7. The van der Waals surface area contributed by atoms with Gasteiger partial charge >= 0.3 is 6.03 Å². The number of carbonyl (C=O) groups excluding carboxylic acids is 1. The first-order valence-corrected chi connectivity index (χ1v) is 7.99. The minimum absolute atomic E-state index is 0.211. The Labute approximate surface area is 150 Å². The van der Waals surface area contributed by atoms with Crippen LogP contribution in [0.25, 0.3) is 0 Å². The molecule has 0 aliphatic rings. The van der Waals surface area contributed by atoms with Gasteiger partial charge in [0.1, 0.15) is 0 Å². The van der Waals surface area contributed by atoms with E-state index in [-0.39, 0.29) is 6.61 Å². The zero-order valence-electron chi connectivity index (χ0n) is 12.8. The molecule has 2 aromatic carbocycles. The molecule has 24 heavy (non-hydrogen) atoms. The van der Waals surface area contributed by atoms with Crippen molar-refractivity contribution >= 4 is 46.3 Å². The Balaban J connectivity index is 2.10. The number of hydrogen-bond acceptors (Lipinski definition) is 4. The third kappa shape index (κ3) is 5.28. The van der Waals surface area contributed by atoms with Gasteiger partial charge < -0.3 is 26.8 Å². The van der Waals surface area contributed by atoms with Crippen LogP contribution in [-0.2, 0) is 6.61 Å². The summed E-state index contributed by atoms with van der Waals surface area (Å²) in [6, 6.07) is 9.49. The van der Waals surface area contributed by atoms with Gasteiger partial charge in [-0.1, -0.05) is 29.3 Å². The summed E-state index contributed by atoms with van der Waals surface area (Å²) < 4.78 is 0. The van der Waals surface area contributed by atoms with E-state index in [0.29, 0.717) is 40.1 Å². The lowest BCUT2D eigenvalue weighted by molar-refractivity contribution is 0.262. The molecule has 128 valence electrons. The lowest BCUT2D eigenvalue weighted by atomic mass is 10.2. The minimum Gasteiger partial charge on any atom is -0.392 e. The Morgan fingerprint density at radius 2 is 1.79 bits per heavy atom. The van der Waals surface area contributed by atoms with Crippen molar-refractivity contribution < 1.29 is 9.90 Å². The number of aliphatic hydroxyl groups excluding tert-OH is 1. The maximum absolute atomic E-state index is 12.2. The second-order valence-corrected chi connectivity index (χ2v) is 5.86. The number of aliphatic hydroxyl groups is 1. The number of hydrogen-bond donors (Lipinski definition) is 5. The van der Waals surface area contributed by atoms with E-state index in [1.165, 1.54) is 0 Å². The van der Waals surface area contributed by atoms with Crippen molar-refractivity contribution in [2.45, 2.75) is 6.61 Å². The van der Waals surface area contributed by atoms with Gasteiger partial charge in [0, 0.05) is 45.8 Å². The topological polar surface area (TPSA) is 99.4 Å². The molecule has 2 rings (SSSR count). The normalized spacial score (nSPS) is 10.3. The number of urea groups is 1. The van der Waals surface area contributed by atoms with E-state index in [2.05, 4.69) is 16.0 Å². The van der Waals surface area contributed by atoms with Crippen molar-refractivity contribution in [1.29, 1.82) is 0 Å². The first kappa shape index (κ1) is 18.4. The first-order valence-electron chi connectivity index (χ1n) is 7.23. The number of nitrogens with one attached hydrogen (secondary N) is 3. The summed E-state index contributed by atoms with van der Waals surface area (Å²) in [5.74, 6) is 0. The van der Waals surface area contributed by atoms with Gasteiger partial charge in [0.05, 0.1) is 6.61 Å². The number of rotatable bonds is 6. The molecule has 0 aliphatic heterocycles. The van der Waals surface area contributed by atoms with Gasteiger partial charge in [-0.3, -0.25) is 0 Å². The molecule has 0 aromatic heterocycles. The van der Waals surface area contributed by atoms with Gasteiger partial charge in [0.15, 0.2) is 0 Å². The second-order valence-electron chi connectivity index (χ2n) is 4.98. The van der Waals surface area contributed by atoms with Crippen molar-refractivity contribution in [2.75, 3.05) is 29.0 Å². The quantitative estimate of drug-likeness (QED) is 0.538. The maximum Gasteiger partial charge on any atom is 0.323 e. The van der Waals surface area contributed by atoms with Crippen LogP contribution in [0.4, 0.5) is 21.9 Å². The highest BCUT2D eigenvalue weighted by Crippen LogP contribution is 2.24. The molecule has 6 N–H and O–H groups in total. The van der Waals surface area contributed by atoms with E-state index < -0.39 is 6.03 Å². The first-order chi connectivity index (χ1) is 11.5. The summed E-state index contributed by atoms with van der Waals surface area (Å²) in [4.78, 5) is 12.2. The summed E-state index contributed by atoms with van der Waals surface area (Å²) in [6.45, 7) is 0.861. The summed E-state index contributed by atoms with van der Waals surface area (Å²) in [6.07, 6.45) is 0. The number of anilines is 3.